The van der Waals surface area contributed by atoms with E-state index in [1.807, 2.05) is 12.1 Å². The summed E-state index contributed by atoms with van der Waals surface area (Å²) in [6, 6.07) is 8.04. The Morgan fingerprint density at radius 1 is 1.18 bits per heavy atom. The molecule has 0 aliphatic rings. The van der Waals surface area contributed by atoms with E-state index in [4.69, 9.17) is 5.11 Å². The van der Waals surface area contributed by atoms with Gasteiger partial charge in [-0.05, 0) is 17.4 Å². The van der Waals surface area contributed by atoms with E-state index in [9.17, 15) is 0 Å². The summed E-state index contributed by atoms with van der Waals surface area (Å²) in [4.78, 5) is 0. The van der Waals surface area contributed by atoms with Crippen molar-refractivity contribution in [3.05, 3.63) is 35.4 Å². The first-order valence-electron chi connectivity index (χ1n) is 3.54. The quantitative estimate of drug-likeness (QED) is 0.745. The molecule has 1 rings (SSSR count). The minimum Gasteiger partial charge on any atom is -0.392 e. The first-order valence-corrected chi connectivity index (χ1v) is 4.94. The molecule has 60 valence electrons. The number of aliphatic hydroxyl groups is 1. The fraction of sp³-hybridized carbons (Fsp3) is 0.333. The number of benzene rings is 1. The molecule has 0 bridgehead atoms. The summed E-state index contributed by atoms with van der Waals surface area (Å²) < 4.78 is 0. The van der Waals surface area contributed by atoms with Crippen molar-refractivity contribution >= 4 is 11.8 Å². The molecule has 2 heteroatoms. The standard InChI is InChI=1S/C9H12OS/c1-11-7-9-4-2-8(6-10)3-5-9/h2-5,10H,6-7H2,1H3. The zero-order valence-electron chi connectivity index (χ0n) is 6.58. The van der Waals surface area contributed by atoms with Gasteiger partial charge in [0, 0.05) is 5.75 Å². The largest absolute Gasteiger partial charge is 0.392 e. The van der Waals surface area contributed by atoms with E-state index >= 15 is 0 Å². The van der Waals surface area contributed by atoms with Gasteiger partial charge in [0.25, 0.3) is 0 Å². The molecule has 0 aromatic heterocycles. The fourth-order valence-electron chi connectivity index (χ4n) is 0.908. The minimum atomic E-state index is 0.138. The molecule has 1 aromatic rings. The molecule has 0 spiro atoms. The maximum Gasteiger partial charge on any atom is 0.0681 e. The zero-order chi connectivity index (χ0) is 8.10. The fourth-order valence-corrected chi connectivity index (χ4v) is 1.43. The molecule has 0 fully saturated rings. The van der Waals surface area contributed by atoms with Gasteiger partial charge in [0.05, 0.1) is 6.61 Å². The van der Waals surface area contributed by atoms with Gasteiger partial charge in [0.2, 0.25) is 0 Å². The van der Waals surface area contributed by atoms with Gasteiger partial charge in [-0.3, -0.25) is 0 Å². The average molecular weight is 168 g/mol. The third kappa shape index (κ3) is 2.56. The lowest BCUT2D eigenvalue weighted by Gasteiger charge is -1.98. The van der Waals surface area contributed by atoms with Crippen molar-refractivity contribution in [3.63, 3.8) is 0 Å². The second kappa shape index (κ2) is 4.42. The molecule has 1 nitrogen and oxygen atoms in total. The predicted octanol–water partition coefficient (Wildman–Crippen LogP) is 2.04. The Bertz CT molecular complexity index is 205. The van der Waals surface area contributed by atoms with Crippen molar-refractivity contribution in [1.29, 1.82) is 0 Å². The van der Waals surface area contributed by atoms with Crippen LogP contribution in [0.15, 0.2) is 24.3 Å². The molecule has 0 atom stereocenters. The Balaban J connectivity index is 2.66. The van der Waals surface area contributed by atoms with Crippen molar-refractivity contribution in [2.45, 2.75) is 12.4 Å². The van der Waals surface area contributed by atoms with E-state index < -0.39 is 0 Å². The summed E-state index contributed by atoms with van der Waals surface area (Å²) in [7, 11) is 0. The summed E-state index contributed by atoms with van der Waals surface area (Å²) in [6.45, 7) is 0.138. The third-order valence-corrected chi connectivity index (χ3v) is 2.14. The van der Waals surface area contributed by atoms with Crippen LogP contribution in [-0.2, 0) is 12.4 Å². The number of hydrogen-bond acceptors (Lipinski definition) is 2. The van der Waals surface area contributed by atoms with Crippen LogP contribution in [0.1, 0.15) is 11.1 Å². The summed E-state index contributed by atoms with van der Waals surface area (Å²) in [6.07, 6.45) is 2.08. The van der Waals surface area contributed by atoms with Gasteiger partial charge in [0.1, 0.15) is 0 Å². The van der Waals surface area contributed by atoms with Crippen LogP contribution < -0.4 is 0 Å². The van der Waals surface area contributed by atoms with Gasteiger partial charge in [-0.1, -0.05) is 24.3 Å². The molecule has 11 heavy (non-hydrogen) atoms. The van der Waals surface area contributed by atoms with Crippen LogP contribution in [0, 0.1) is 0 Å². The van der Waals surface area contributed by atoms with E-state index in [0.29, 0.717) is 0 Å². The molecule has 0 aliphatic carbocycles. The van der Waals surface area contributed by atoms with E-state index in [2.05, 4.69) is 18.4 Å². The second-order valence-electron chi connectivity index (χ2n) is 2.41. The lowest BCUT2D eigenvalue weighted by atomic mass is 10.2. The van der Waals surface area contributed by atoms with Crippen molar-refractivity contribution in [2.75, 3.05) is 6.26 Å². The van der Waals surface area contributed by atoms with Crippen LogP contribution in [0.25, 0.3) is 0 Å². The van der Waals surface area contributed by atoms with Crippen LogP contribution in [0.4, 0.5) is 0 Å². The summed E-state index contributed by atoms with van der Waals surface area (Å²) in [5.74, 6) is 1.05. The molecule has 1 aromatic carbocycles. The highest BCUT2D eigenvalue weighted by Gasteiger charge is 1.91. The van der Waals surface area contributed by atoms with Gasteiger partial charge in [0.15, 0.2) is 0 Å². The summed E-state index contributed by atoms with van der Waals surface area (Å²) in [5.41, 5.74) is 2.30. The van der Waals surface area contributed by atoms with Crippen molar-refractivity contribution in [3.8, 4) is 0 Å². The number of thioether (sulfide) groups is 1. The van der Waals surface area contributed by atoms with Crippen LogP contribution in [0.5, 0.6) is 0 Å². The van der Waals surface area contributed by atoms with Crippen LogP contribution >= 0.6 is 11.8 Å². The van der Waals surface area contributed by atoms with E-state index in [1.165, 1.54) is 5.56 Å². The first-order chi connectivity index (χ1) is 5.36. The maximum absolute atomic E-state index is 8.75. The minimum absolute atomic E-state index is 0.138. The molecular weight excluding hydrogens is 156 g/mol. The SMILES string of the molecule is CSCc1ccc(CO)cc1. The van der Waals surface area contributed by atoms with Crippen LogP contribution in [0.2, 0.25) is 0 Å². The molecule has 0 unspecified atom stereocenters. The van der Waals surface area contributed by atoms with Crippen molar-refractivity contribution in [2.24, 2.45) is 0 Å². The van der Waals surface area contributed by atoms with Crippen LogP contribution in [-0.4, -0.2) is 11.4 Å². The molecule has 0 saturated carbocycles. The lowest BCUT2D eigenvalue weighted by molar-refractivity contribution is 0.282. The van der Waals surface area contributed by atoms with E-state index in [0.717, 1.165) is 11.3 Å². The number of aliphatic hydroxyl groups excluding tert-OH is 1. The Morgan fingerprint density at radius 3 is 2.18 bits per heavy atom. The normalized spacial score (nSPS) is 10.0. The molecule has 0 radical (unpaired) electrons. The van der Waals surface area contributed by atoms with E-state index in [1.54, 1.807) is 11.8 Å². The second-order valence-corrected chi connectivity index (χ2v) is 3.27. The van der Waals surface area contributed by atoms with E-state index in [-0.39, 0.29) is 6.61 Å². The smallest absolute Gasteiger partial charge is 0.0681 e. The maximum atomic E-state index is 8.75. The summed E-state index contributed by atoms with van der Waals surface area (Å²) in [5, 5.41) is 8.75. The van der Waals surface area contributed by atoms with Crippen LogP contribution in [0.3, 0.4) is 0 Å². The highest BCUT2D eigenvalue weighted by molar-refractivity contribution is 7.97. The molecule has 0 aliphatic heterocycles. The van der Waals surface area contributed by atoms with Gasteiger partial charge in [-0.2, -0.15) is 11.8 Å². The molecule has 0 amide bonds. The highest BCUT2D eigenvalue weighted by Crippen LogP contribution is 2.10. The first kappa shape index (κ1) is 8.62. The Hall–Kier alpha value is -0.470. The Labute approximate surface area is 71.4 Å². The van der Waals surface area contributed by atoms with Gasteiger partial charge in [-0.25, -0.2) is 0 Å². The monoisotopic (exact) mass is 168 g/mol. The molecule has 0 heterocycles. The molecular formula is C9H12OS. The highest BCUT2D eigenvalue weighted by atomic mass is 32.2. The summed E-state index contributed by atoms with van der Waals surface area (Å²) >= 11 is 1.81. The van der Waals surface area contributed by atoms with Gasteiger partial charge >= 0.3 is 0 Å². The third-order valence-electron chi connectivity index (χ3n) is 1.52. The number of hydrogen-bond donors (Lipinski definition) is 1. The lowest BCUT2D eigenvalue weighted by Crippen LogP contribution is -1.84. The Morgan fingerprint density at radius 2 is 1.73 bits per heavy atom. The zero-order valence-corrected chi connectivity index (χ0v) is 7.40. The molecule has 1 N–H and O–H groups in total. The topological polar surface area (TPSA) is 20.2 Å². The van der Waals surface area contributed by atoms with Gasteiger partial charge < -0.3 is 5.11 Å². The predicted molar refractivity (Wildman–Crippen MR) is 49.6 cm³/mol. The Kier molecular flexibility index (Phi) is 3.46. The number of rotatable bonds is 3. The van der Waals surface area contributed by atoms with Gasteiger partial charge in [-0.15, -0.1) is 0 Å². The van der Waals surface area contributed by atoms with Crippen molar-refractivity contribution < 1.29 is 5.11 Å². The van der Waals surface area contributed by atoms with Crippen molar-refractivity contribution in [1.82, 2.24) is 0 Å². The average Bonchev–Trinajstić information content (AvgIpc) is 2.07. The molecule has 0 saturated heterocycles.